The van der Waals surface area contributed by atoms with E-state index in [1.165, 1.54) is 5.56 Å². The van der Waals surface area contributed by atoms with Gasteiger partial charge in [-0.1, -0.05) is 26.0 Å². The van der Waals surface area contributed by atoms with Crippen LogP contribution >= 0.6 is 11.6 Å². The fourth-order valence-electron chi connectivity index (χ4n) is 2.71. The van der Waals surface area contributed by atoms with Crippen LogP contribution in [-0.2, 0) is 6.42 Å². The minimum Gasteiger partial charge on any atom is -0.497 e. The summed E-state index contributed by atoms with van der Waals surface area (Å²) in [7, 11) is 1.70. The third-order valence-corrected chi connectivity index (χ3v) is 4.86. The summed E-state index contributed by atoms with van der Waals surface area (Å²) in [6, 6.07) is 8.37. The zero-order valence-corrected chi connectivity index (χ0v) is 12.9. The Kier molecular flexibility index (Phi) is 4.75. The van der Waals surface area contributed by atoms with Crippen LogP contribution in [0, 0.1) is 5.41 Å². The predicted octanol–water partition coefficient (Wildman–Crippen LogP) is 3.58. The van der Waals surface area contributed by atoms with Crippen LogP contribution in [0.25, 0.3) is 0 Å². The maximum absolute atomic E-state index is 6.38. The van der Waals surface area contributed by atoms with Crippen molar-refractivity contribution in [3.63, 3.8) is 0 Å². The van der Waals surface area contributed by atoms with E-state index in [0.717, 1.165) is 38.2 Å². The minimum absolute atomic E-state index is 0.222. The van der Waals surface area contributed by atoms with Gasteiger partial charge in [-0.15, -0.1) is 11.6 Å². The van der Waals surface area contributed by atoms with Gasteiger partial charge >= 0.3 is 0 Å². The highest BCUT2D eigenvalue weighted by atomic mass is 35.5. The molecule has 1 aromatic rings. The number of likely N-dealkylation sites (tertiary alicyclic amines) is 1. The van der Waals surface area contributed by atoms with Crippen LogP contribution in [0.4, 0.5) is 0 Å². The first-order valence-electron chi connectivity index (χ1n) is 7.00. The van der Waals surface area contributed by atoms with E-state index in [1.54, 1.807) is 7.11 Å². The second-order valence-electron chi connectivity index (χ2n) is 6.12. The number of halogens is 1. The van der Waals surface area contributed by atoms with Crippen LogP contribution in [0.1, 0.15) is 25.8 Å². The van der Waals surface area contributed by atoms with E-state index in [0.29, 0.717) is 5.38 Å². The molecule has 0 N–H and O–H groups in total. The molecule has 0 saturated carbocycles. The quantitative estimate of drug-likeness (QED) is 0.782. The van der Waals surface area contributed by atoms with Crippen molar-refractivity contribution < 1.29 is 4.74 Å². The number of methoxy groups -OCH3 is 1. The molecule has 0 amide bonds. The summed E-state index contributed by atoms with van der Waals surface area (Å²) in [6.45, 7) is 7.86. The van der Waals surface area contributed by atoms with Gasteiger partial charge in [0.15, 0.2) is 0 Å². The first-order valence-corrected chi connectivity index (χ1v) is 7.44. The lowest BCUT2D eigenvalue weighted by Gasteiger charge is -2.41. The average Bonchev–Trinajstić information content (AvgIpc) is 2.40. The average molecular weight is 282 g/mol. The molecule has 1 unspecified atom stereocenters. The first-order chi connectivity index (χ1) is 9.01. The van der Waals surface area contributed by atoms with Crippen molar-refractivity contribution in [2.75, 3.05) is 26.7 Å². The molecule has 2 rings (SSSR count). The van der Waals surface area contributed by atoms with Gasteiger partial charge in [0.1, 0.15) is 5.75 Å². The maximum Gasteiger partial charge on any atom is 0.118 e. The fraction of sp³-hybridized carbons (Fsp3) is 0.625. The van der Waals surface area contributed by atoms with Crippen LogP contribution in [0.2, 0.25) is 0 Å². The molecule has 1 aromatic carbocycles. The van der Waals surface area contributed by atoms with Crippen molar-refractivity contribution in [2.45, 2.75) is 32.1 Å². The van der Waals surface area contributed by atoms with Crippen LogP contribution in [-0.4, -0.2) is 37.0 Å². The van der Waals surface area contributed by atoms with Crippen molar-refractivity contribution in [2.24, 2.45) is 5.41 Å². The third kappa shape index (κ3) is 3.87. The number of alkyl halides is 1. The summed E-state index contributed by atoms with van der Waals surface area (Å²) in [5, 5.41) is 0.310. The Labute approximate surface area is 121 Å². The zero-order valence-electron chi connectivity index (χ0n) is 12.2. The number of rotatable bonds is 4. The van der Waals surface area contributed by atoms with Crippen molar-refractivity contribution >= 4 is 11.6 Å². The SMILES string of the molecule is COc1ccc(CCN2CCC(Cl)C(C)(C)C2)cc1. The lowest BCUT2D eigenvalue weighted by molar-refractivity contribution is 0.123. The Balaban J connectivity index is 1.85. The smallest absolute Gasteiger partial charge is 0.118 e. The lowest BCUT2D eigenvalue weighted by atomic mass is 9.83. The molecule has 106 valence electrons. The van der Waals surface area contributed by atoms with E-state index >= 15 is 0 Å². The van der Waals surface area contributed by atoms with E-state index in [4.69, 9.17) is 16.3 Å². The van der Waals surface area contributed by atoms with E-state index in [-0.39, 0.29) is 5.41 Å². The van der Waals surface area contributed by atoms with Crippen molar-refractivity contribution in [3.05, 3.63) is 29.8 Å². The second kappa shape index (κ2) is 6.15. The molecule has 1 aliphatic rings. The molecule has 0 aromatic heterocycles. The van der Waals surface area contributed by atoms with E-state index in [9.17, 15) is 0 Å². The molecule has 0 radical (unpaired) electrons. The Morgan fingerprint density at radius 3 is 2.58 bits per heavy atom. The summed E-state index contributed by atoms with van der Waals surface area (Å²) in [4.78, 5) is 2.53. The number of nitrogens with zero attached hydrogens (tertiary/aromatic N) is 1. The number of hydrogen-bond acceptors (Lipinski definition) is 2. The van der Waals surface area contributed by atoms with Crippen LogP contribution in [0.3, 0.4) is 0 Å². The normalized spacial score (nSPS) is 23.3. The highest BCUT2D eigenvalue weighted by molar-refractivity contribution is 6.21. The molecule has 1 fully saturated rings. The highest BCUT2D eigenvalue weighted by Gasteiger charge is 2.34. The number of hydrogen-bond donors (Lipinski definition) is 0. The van der Waals surface area contributed by atoms with Crippen LogP contribution in [0.5, 0.6) is 5.75 Å². The molecule has 0 bridgehead atoms. The van der Waals surface area contributed by atoms with Gasteiger partial charge in [0, 0.05) is 18.5 Å². The Morgan fingerprint density at radius 1 is 1.32 bits per heavy atom. The summed E-state index contributed by atoms with van der Waals surface area (Å²) in [5.74, 6) is 0.924. The molecule has 3 heteroatoms. The van der Waals surface area contributed by atoms with Crippen molar-refractivity contribution in [1.29, 1.82) is 0 Å². The molecule has 0 spiro atoms. The van der Waals surface area contributed by atoms with Crippen molar-refractivity contribution in [1.82, 2.24) is 4.90 Å². The van der Waals surface area contributed by atoms with Gasteiger partial charge in [0.2, 0.25) is 0 Å². The largest absolute Gasteiger partial charge is 0.497 e. The number of ether oxygens (including phenoxy) is 1. The van der Waals surface area contributed by atoms with E-state index in [2.05, 4.69) is 30.9 Å². The molecule has 1 heterocycles. The number of benzene rings is 1. The maximum atomic E-state index is 6.38. The second-order valence-corrected chi connectivity index (χ2v) is 6.65. The van der Waals surface area contributed by atoms with E-state index in [1.807, 2.05) is 12.1 Å². The number of piperidine rings is 1. The lowest BCUT2D eigenvalue weighted by Crippen LogP contribution is -2.47. The fourth-order valence-corrected chi connectivity index (χ4v) is 2.88. The molecule has 1 atom stereocenters. The first kappa shape index (κ1) is 14.7. The summed E-state index contributed by atoms with van der Waals surface area (Å²) in [6.07, 6.45) is 2.18. The molecule has 1 saturated heterocycles. The standard InChI is InChI=1S/C16H24ClNO/c1-16(2)12-18(11-9-15(16)17)10-8-13-4-6-14(19-3)7-5-13/h4-7,15H,8-12H2,1-3H3. The topological polar surface area (TPSA) is 12.5 Å². The molecule has 1 aliphatic heterocycles. The monoisotopic (exact) mass is 281 g/mol. The van der Waals surface area contributed by atoms with Gasteiger partial charge in [-0.25, -0.2) is 0 Å². The zero-order chi connectivity index (χ0) is 13.9. The van der Waals surface area contributed by atoms with Crippen LogP contribution < -0.4 is 4.74 Å². The van der Waals surface area contributed by atoms with Gasteiger partial charge in [-0.3, -0.25) is 0 Å². The molecular weight excluding hydrogens is 258 g/mol. The van der Waals surface area contributed by atoms with Gasteiger partial charge in [0.25, 0.3) is 0 Å². The van der Waals surface area contributed by atoms with Gasteiger partial charge in [-0.05, 0) is 42.5 Å². The van der Waals surface area contributed by atoms with Gasteiger partial charge in [0.05, 0.1) is 7.11 Å². The Hall–Kier alpha value is -0.730. The van der Waals surface area contributed by atoms with Gasteiger partial charge in [-0.2, -0.15) is 0 Å². The molecular formula is C16H24ClNO. The van der Waals surface area contributed by atoms with Gasteiger partial charge < -0.3 is 9.64 Å². The summed E-state index contributed by atoms with van der Waals surface area (Å²) in [5.41, 5.74) is 1.59. The van der Waals surface area contributed by atoms with Crippen LogP contribution in [0.15, 0.2) is 24.3 Å². The van der Waals surface area contributed by atoms with Crippen molar-refractivity contribution in [3.8, 4) is 5.75 Å². The predicted molar refractivity (Wildman–Crippen MR) is 81.2 cm³/mol. The summed E-state index contributed by atoms with van der Waals surface area (Å²) < 4.78 is 5.18. The third-order valence-electron chi connectivity index (χ3n) is 4.05. The summed E-state index contributed by atoms with van der Waals surface area (Å²) >= 11 is 6.38. The van der Waals surface area contributed by atoms with E-state index < -0.39 is 0 Å². The molecule has 0 aliphatic carbocycles. The highest BCUT2D eigenvalue weighted by Crippen LogP contribution is 2.33. The Morgan fingerprint density at radius 2 is 2.00 bits per heavy atom. The minimum atomic E-state index is 0.222. The Bertz CT molecular complexity index is 402. The molecule has 19 heavy (non-hydrogen) atoms. The molecule has 2 nitrogen and oxygen atoms in total.